The lowest BCUT2D eigenvalue weighted by Crippen LogP contribution is -2.06. The van der Waals surface area contributed by atoms with Gasteiger partial charge in [0.05, 0.1) is 4.58 Å². The molecule has 1 aliphatic rings. The van der Waals surface area contributed by atoms with Gasteiger partial charge in [0.25, 0.3) is 0 Å². The molecule has 0 spiro atoms. The second kappa shape index (κ2) is 4.07. The van der Waals surface area contributed by atoms with Crippen molar-refractivity contribution in [2.75, 3.05) is 16.8 Å². The maximum absolute atomic E-state index is 3.47. The summed E-state index contributed by atoms with van der Waals surface area (Å²) in [4.78, 5) is 0. The monoisotopic (exact) mass is 212 g/mol. The SMILES string of the molecule is BrCC1SCCCS1. The molecule has 0 aromatic rings. The molecule has 0 radical (unpaired) electrons. The third kappa shape index (κ3) is 2.19. The van der Waals surface area contributed by atoms with Gasteiger partial charge in [-0.1, -0.05) is 15.9 Å². The smallest absolute Gasteiger partial charge is 0.0599 e. The third-order valence-electron chi connectivity index (χ3n) is 1.02. The average molecular weight is 213 g/mol. The minimum Gasteiger partial charge on any atom is -0.147 e. The zero-order chi connectivity index (χ0) is 5.82. The summed E-state index contributed by atoms with van der Waals surface area (Å²) in [5.74, 6) is 2.73. The molecule has 1 aliphatic heterocycles. The molecule has 1 fully saturated rings. The summed E-state index contributed by atoms with van der Waals surface area (Å²) in [7, 11) is 0. The second-order valence-corrected chi connectivity index (χ2v) is 5.25. The second-order valence-electron chi connectivity index (χ2n) is 1.68. The van der Waals surface area contributed by atoms with Crippen molar-refractivity contribution in [3.8, 4) is 0 Å². The van der Waals surface area contributed by atoms with Crippen LogP contribution in [0.5, 0.6) is 0 Å². The molecule has 0 aromatic carbocycles. The summed E-state index contributed by atoms with van der Waals surface area (Å²) in [5, 5.41) is 1.16. The zero-order valence-electron chi connectivity index (χ0n) is 4.60. The van der Waals surface area contributed by atoms with E-state index >= 15 is 0 Å². The van der Waals surface area contributed by atoms with Crippen molar-refractivity contribution in [3.05, 3.63) is 0 Å². The molecule has 0 unspecified atom stereocenters. The van der Waals surface area contributed by atoms with Crippen LogP contribution in [0.3, 0.4) is 0 Å². The first-order valence-electron chi connectivity index (χ1n) is 2.72. The molecule has 0 atom stereocenters. The highest BCUT2D eigenvalue weighted by molar-refractivity contribution is 9.09. The summed E-state index contributed by atoms with van der Waals surface area (Å²) in [5.41, 5.74) is 0. The standard InChI is InChI=1S/C5H9BrS2/c6-4-5-7-2-1-3-8-5/h5H,1-4H2. The van der Waals surface area contributed by atoms with Crippen LogP contribution in [0.2, 0.25) is 0 Å². The maximum atomic E-state index is 3.47. The minimum absolute atomic E-state index is 0.837. The van der Waals surface area contributed by atoms with Gasteiger partial charge in [0.1, 0.15) is 0 Å². The van der Waals surface area contributed by atoms with Crippen LogP contribution in [0.15, 0.2) is 0 Å². The Hall–Kier alpha value is 1.18. The lowest BCUT2D eigenvalue weighted by Gasteiger charge is -2.17. The molecule has 0 bridgehead atoms. The molecule has 1 saturated heterocycles. The van der Waals surface area contributed by atoms with E-state index in [1.165, 1.54) is 17.9 Å². The van der Waals surface area contributed by atoms with E-state index in [2.05, 4.69) is 39.5 Å². The van der Waals surface area contributed by atoms with Crippen LogP contribution in [0, 0.1) is 0 Å². The van der Waals surface area contributed by atoms with Gasteiger partial charge in [0, 0.05) is 5.33 Å². The molecule has 0 aromatic heterocycles. The van der Waals surface area contributed by atoms with E-state index in [1.807, 2.05) is 0 Å². The Balaban J connectivity index is 2.13. The van der Waals surface area contributed by atoms with Crippen molar-refractivity contribution >= 4 is 39.5 Å². The van der Waals surface area contributed by atoms with Gasteiger partial charge in [-0.3, -0.25) is 0 Å². The largest absolute Gasteiger partial charge is 0.147 e. The van der Waals surface area contributed by atoms with E-state index in [-0.39, 0.29) is 0 Å². The number of hydrogen-bond donors (Lipinski definition) is 0. The van der Waals surface area contributed by atoms with Gasteiger partial charge in [-0.2, -0.15) is 0 Å². The van der Waals surface area contributed by atoms with E-state index in [0.717, 1.165) is 9.91 Å². The van der Waals surface area contributed by atoms with E-state index < -0.39 is 0 Å². The van der Waals surface area contributed by atoms with Crippen molar-refractivity contribution in [1.82, 2.24) is 0 Å². The summed E-state index contributed by atoms with van der Waals surface area (Å²) in [6, 6.07) is 0. The number of thioether (sulfide) groups is 2. The lowest BCUT2D eigenvalue weighted by molar-refractivity contribution is 1.10. The predicted molar refractivity (Wildman–Crippen MR) is 47.1 cm³/mol. The van der Waals surface area contributed by atoms with Crippen LogP contribution in [-0.2, 0) is 0 Å². The van der Waals surface area contributed by atoms with E-state index in [0.29, 0.717) is 0 Å². The van der Waals surface area contributed by atoms with Gasteiger partial charge >= 0.3 is 0 Å². The fourth-order valence-corrected chi connectivity index (χ4v) is 4.22. The number of hydrogen-bond acceptors (Lipinski definition) is 2. The number of alkyl halides is 1. The molecular formula is C5H9BrS2. The Labute approximate surface area is 67.3 Å². The molecule has 0 saturated carbocycles. The van der Waals surface area contributed by atoms with Crippen molar-refractivity contribution in [1.29, 1.82) is 0 Å². The average Bonchev–Trinajstić information content (AvgIpc) is 1.90. The number of halogens is 1. The molecule has 48 valence electrons. The number of rotatable bonds is 1. The van der Waals surface area contributed by atoms with Crippen LogP contribution in [0.1, 0.15) is 6.42 Å². The molecule has 1 rings (SSSR count). The normalized spacial score (nSPS) is 23.6. The van der Waals surface area contributed by atoms with Crippen LogP contribution in [0.25, 0.3) is 0 Å². The van der Waals surface area contributed by atoms with Gasteiger partial charge in [0.2, 0.25) is 0 Å². The zero-order valence-corrected chi connectivity index (χ0v) is 7.82. The fourth-order valence-electron chi connectivity index (χ4n) is 0.626. The Morgan fingerprint density at radius 1 is 1.38 bits per heavy atom. The van der Waals surface area contributed by atoms with Gasteiger partial charge in [-0.25, -0.2) is 0 Å². The van der Waals surface area contributed by atoms with Crippen LogP contribution in [0.4, 0.5) is 0 Å². The molecule has 3 heteroatoms. The van der Waals surface area contributed by atoms with Crippen molar-refractivity contribution < 1.29 is 0 Å². The molecule has 0 amide bonds. The Bertz CT molecular complexity index is 61.4. The van der Waals surface area contributed by atoms with Crippen molar-refractivity contribution in [2.45, 2.75) is 11.0 Å². The third-order valence-corrected chi connectivity index (χ3v) is 5.47. The Morgan fingerprint density at radius 3 is 2.38 bits per heavy atom. The summed E-state index contributed by atoms with van der Waals surface area (Å²) in [6.45, 7) is 0. The van der Waals surface area contributed by atoms with Crippen LogP contribution < -0.4 is 0 Å². The first-order valence-corrected chi connectivity index (χ1v) is 5.94. The van der Waals surface area contributed by atoms with E-state index in [4.69, 9.17) is 0 Å². The lowest BCUT2D eigenvalue weighted by atomic mass is 10.6. The van der Waals surface area contributed by atoms with Gasteiger partial charge in [0.15, 0.2) is 0 Å². The van der Waals surface area contributed by atoms with Gasteiger partial charge in [-0.15, -0.1) is 23.5 Å². The van der Waals surface area contributed by atoms with Crippen molar-refractivity contribution in [3.63, 3.8) is 0 Å². The predicted octanol–water partition coefficient (Wildman–Crippen LogP) is 2.58. The van der Waals surface area contributed by atoms with Crippen molar-refractivity contribution in [2.24, 2.45) is 0 Å². The highest BCUT2D eigenvalue weighted by Gasteiger charge is 2.11. The molecule has 8 heavy (non-hydrogen) atoms. The first-order chi connectivity index (χ1) is 3.93. The summed E-state index contributed by atoms with van der Waals surface area (Å²) in [6.07, 6.45) is 1.40. The highest BCUT2D eigenvalue weighted by Crippen LogP contribution is 2.31. The Morgan fingerprint density at radius 2 is 2.00 bits per heavy atom. The van der Waals surface area contributed by atoms with Gasteiger partial charge < -0.3 is 0 Å². The molecule has 0 N–H and O–H groups in total. The molecule has 0 nitrogen and oxygen atoms in total. The summed E-state index contributed by atoms with van der Waals surface area (Å²) >= 11 is 7.63. The van der Waals surface area contributed by atoms with Crippen LogP contribution in [-0.4, -0.2) is 21.4 Å². The van der Waals surface area contributed by atoms with E-state index in [9.17, 15) is 0 Å². The van der Waals surface area contributed by atoms with Crippen LogP contribution >= 0.6 is 39.5 Å². The van der Waals surface area contributed by atoms with E-state index in [1.54, 1.807) is 0 Å². The Kier molecular flexibility index (Phi) is 3.71. The highest BCUT2D eigenvalue weighted by atomic mass is 79.9. The van der Waals surface area contributed by atoms with Gasteiger partial charge in [-0.05, 0) is 17.9 Å². The first kappa shape index (κ1) is 7.29. The topological polar surface area (TPSA) is 0 Å². The summed E-state index contributed by atoms with van der Waals surface area (Å²) < 4.78 is 0.837. The minimum atomic E-state index is 0.837. The quantitative estimate of drug-likeness (QED) is 0.614. The molecule has 1 heterocycles. The molecule has 0 aliphatic carbocycles. The fraction of sp³-hybridized carbons (Fsp3) is 1.00. The maximum Gasteiger partial charge on any atom is 0.0599 e. The molecular weight excluding hydrogens is 204 g/mol.